The number of hydrogen-bond acceptors (Lipinski definition) is 4. The van der Waals surface area contributed by atoms with Crippen LogP contribution in [-0.2, 0) is 16.0 Å². The van der Waals surface area contributed by atoms with Gasteiger partial charge in [-0.1, -0.05) is 0 Å². The number of likely N-dealkylation sites (N-methyl/N-ethyl adjacent to an activating group) is 1. The van der Waals surface area contributed by atoms with Gasteiger partial charge >= 0.3 is 0 Å². The predicted octanol–water partition coefficient (Wildman–Crippen LogP) is 1.11. The summed E-state index contributed by atoms with van der Waals surface area (Å²) in [5.41, 5.74) is 3.12. The van der Waals surface area contributed by atoms with Crippen LogP contribution in [0.3, 0.4) is 0 Å². The number of nitrogens with one attached hydrogen (secondary N) is 1. The second-order valence-corrected chi connectivity index (χ2v) is 7.94. The van der Waals surface area contributed by atoms with E-state index in [0.29, 0.717) is 12.8 Å². The minimum absolute atomic E-state index is 0.0736. The van der Waals surface area contributed by atoms with E-state index in [4.69, 9.17) is 0 Å². The average Bonchev–Trinajstić information content (AvgIpc) is 2.87. The van der Waals surface area contributed by atoms with Gasteiger partial charge in [0.05, 0.1) is 5.69 Å². The summed E-state index contributed by atoms with van der Waals surface area (Å²) >= 11 is 0. The molecule has 0 radical (unpaired) electrons. The quantitative estimate of drug-likeness (QED) is 0.875. The molecule has 2 amide bonds. The fourth-order valence-electron chi connectivity index (χ4n) is 4.30. The van der Waals surface area contributed by atoms with Gasteiger partial charge in [0, 0.05) is 57.3 Å². The molecule has 0 saturated carbocycles. The molecular weight excluding hydrogens is 330 g/mol. The number of rotatable bonds is 3. The number of likely N-dealkylation sites (tertiary alicyclic amines) is 1. The Morgan fingerprint density at radius 2 is 1.96 bits per heavy atom. The van der Waals surface area contributed by atoms with Gasteiger partial charge in [-0.3, -0.25) is 19.6 Å². The Labute approximate surface area is 155 Å². The molecule has 1 aromatic heterocycles. The number of carbonyl (C=O) groups excluding carboxylic acids is 2. The Morgan fingerprint density at radius 1 is 1.19 bits per heavy atom. The number of aromatic nitrogens is 2. The number of aryl methyl sites for hydroxylation is 2. The summed E-state index contributed by atoms with van der Waals surface area (Å²) in [6.07, 6.45) is 3.57. The Balaban J connectivity index is 1.65. The molecule has 0 aromatic carbocycles. The van der Waals surface area contributed by atoms with Crippen molar-refractivity contribution in [1.82, 2.24) is 24.9 Å². The minimum atomic E-state index is -0.0736. The number of H-pyrrole nitrogens is 1. The first-order chi connectivity index (χ1) is 12.3. The first-order valence-corrected chi connectivity index (χ1v) is 9.56. The van der Waals surface area contributed by atoms with Gasteiger partial charge in [-0.25, -0.2) is 0 Å². The summed E-state index contributed by atoms with van der Waals surface area (Å²) in [4.78, 5) is 31.2. The molecule has 2 aliphatic heterocycles. The molecule has 7 nitrogen and oxygen atoms in total. The fraction of sp³-hybridized carbons (Fsp3) is 0.737. The highest BCUT2D eigenvalue weighted by molar-refractivity contribution is 5.77. The monoisotopic (exact) mass is 361 g/mol. The van der Waals surface area contributed by atoms with E-state index in [1.807, 2.05) is 30.7 Å². The molecule has 2 fully saturated rings. The molecule has 1 spiro atoms. The van der Waals surface area contributed by atoms with E-state index in [-0.39, 0.29) is 17.4 Å². The van der Waals surface area contributed by atoms with Gasteiger partial charge in [-0.2, -0.15) is 5.10 Å². The molecule has 26 heavy (non-hydrogen) atoms. The highest BCUT2D eigenvalue weighted by atomic mass is 16.2. The molecule has 144 valence electrons. The standard InChI is InChI=1S/C19H31N5O2/c1-14-16(15(2)21-20-14)5-6-18(26)24-12-11-23(4)19(13-24)8-7-17(25)22(3)10-9-19/h5-13H2,1-4H3,(H,20,21)/t19-/m0/s1. The van der Waals surface area contributed by atoms with Gasteiger partial charge in [0.15, 0.2) is 0 Å². The number of amides is 2. The molecule has 0 aliphatic carbocycles. The molecule has 1 aromatic rings. The van der Waals surface area contributed by atoms with Crippen LogP contribution in [0.5, 0.6) is 0 Å². The Morgan fingerprint density at radius 3 is 2.65 bits per heavy atom. The lowest BCUT2D eigenvalue weighted by molar-refractivity contribution is -0.136. The summed E-state index contributed by atoms with van der Waals surface area (Å²) in [5.74, 6) is 0.422. The highest BCUT2D eigenvalue weighted by Crippen LogP contribution is 2.32. The third-order valence-electron chi connectivity index (χ3n) is 6.37. The van der Waals surface area contributed by atoms with Gasteiger partial charge < -0.3 is 9.80 Å². The van der Waals surface area contributed by atoms with Crippen LogP contribution in [0.25, 0.3) is 0 Å². The minimum Gasteiger partial charge on any atom is -0.346 e. The summed E-state index contributed by atoms with van der Waals surface area (Å²) in [6, 6.07) is 0. The van der Waals surface area contributed by atoms with Crippen LogP contribution in [-0.4, -0.2) is 82.5 Å². The zero-order valence-corrected chi connectivity index (χ0v) is 16.5. The van der Waals surface area contributed by atoms with Crippen LogP contribution in [0, 0.1) is 13.8 Å². The maximum atomic E-state index is 12.9. The van der Waals surface area contributed by atoms with Crippen molar-refractivity contribution in [3.05, 3.63) is 17.0 Å². The van der Waals surface area contributed by atoms with Crippen LogP contribution >= 0.6 is 0 Å². The third-order valence-corrected chi connectivity index (χ3v) is 6.37. The van der Waals surface area contributed by atoms with E-state index in [9.17, 15) is 9.59 Å². The maximum absolute atomic E-state index is 12.9. The number of aromatic amines is 1. The summed E-state index contributed by atoms with van der Waals surface area (Å²) in [5, 5.41) is 7.21. The Kier molecular flexibility index (Phi) is 5.37. The summed E-state index contributed by atoms with van der Waals surface area (Å²) < 4.78 is 0. The van der Waals surface area contributed by atoms with E-state index in [1.165, 1.54) is 0 Å². The van der Waals surface area contributed by atoms with E-state index >= 15 is 0 Å². The van der Waals surface area contributed by atoms with Crippen molar-refractivity contribution in [3.63, 3.8) is 0 Å². The molecule has 0 bridgehead atoms. The molecule has 2 aliphatic rings. The summed E-state index contributed by atoms with van der Waals surface area (Å²) in [7, 11) is 4.01. The van der Waals surface area contributed by atoms with E-state index < -0.39 is 0 Å². The van der Waals surface area contributed by atoms with Crippen molar-refractivity contribution in [2.45, 2.75) is 51.5 Å². The maximum Gasteiger partial charge on any atom is 0.223 e. The molecule has 2 saturated heterocycles. The average molecular weight is 361 g/mol. The van der Waals surface area contributed by atoms with Gasteiger partial charge in [-0.05, 0) is 45.7 Å². The van der Waals surface area contributed by atoms with Crippen LogP contribution in [0.4, 0.5) is 0 Å². The lowest BCUT2D eigenvalue weighted by Gasteiger charge is -2.49. The van der Waals surface area contributed by atoms with E-state index in [2.05, 4.69) is 22.1 Å². The number of carbonyl (C=O) groups is 2. The summed E-state index contributed by atoms with van der Waals surface area (Å²) in [6.45, 7) is 7.11. The SMILES string of the molecule is Cc1n[nH]c(C)c1CCC(=O)N1CCN(C)[C@]2(CCC(=O)N(C)CC2)C1. The van der Waals surface area contributed by atoms with Crippen molar-refractivity contribution in [3.8, 4) is 0 Å². The van der Waals surface area contributed by atoms with E-state index in [0.717, 1.165) is 62.4 Å². The molecule has 3 rings (SSSR count). The van der Waals surface area contributed by atoms with Gasteiger partial charge in [0.2, 0.25) is 11.8 Å². The van der Waals surface area contributed by atoms with Crippen molar-refractivity contribution in [1.29, 1.82) is 0 Å². The topological polar surface area (TPSA) is 72.5 Å². The van der Waals surface area contributed by atoms with Crippen LogP contribution in [0.15, 0.2) is 0 Å². The smallest absolute Gasteiger partial charge is 0.223 e. The zero-order chi connectivity index (χ0) is 18.9. The van der Waals surface area contributed by atoms with Gasteiger partial charge in [0.1, 0.15) is 0 Å². The number of hydrogen-bond donors (Lipinski definition) is 1. The third kappa shape index (κ3) is 3.63. The van der Waals surface area contributed by atoms with Crippen LogP contribution < -0.4 is 0 Å². The second-order valence-electron chi connectivity index (χ2n) is 7.94. The van der Waals surface area contributed by atoms with Crippen LogP contribution in [0.2, 0.25) is 0 Å². The van der Waals surface area contributed by atoms with Crippen molar-refractivity contribution < 1.29 is 9.59 Å². The highest BCUT2D eigenvalue weighted by Gasteiger charge is 2.42. The van der Waals surface area contributed by atoms with Gasteiger partial charge in [-0.15, -0.1) is 0 Å². The van der Waals surface area contributed by atoms with Crippen molar-refractivity contribution in [2.75, 3.05) is 40.3 Å². The molecule has 7 heteroatoms. The molecular formula is C19H31N5O2. The predicted molar refractivity (Wildman–Crippen MR) is 99.8 cm³/mol. The first kappa shape index (κ1) is 18.9. The zero-order valence-electron chi connectivity index (χ0n) is 16.5. The van der Waals surface area contributed by atoms with E-state index in [1.54, 1.807) is 0 Å². The Bertz CT molecular complexity index is 666. The fourth-order valence-corrected chi connectivity index (χ4v) is 4.30. The van der Waals surface area contributed by atoms with Crippen molar-refractivity contribution in [2.24, 2.45) is 0 Å². The molecule has 0 unspecified atom stereocenters. The molecule has 3 heterocycles. The number of piperazine rings is 1. The van der Waals surface area contributed by atoms with Crippen LogP contribution in [0.1, 0.15) is 42.6 Å². The molecule has 1 atom stereocenters. The Hall–Kier alpha value is -1.89. The lowest BCUT2D eigenvalue weighted by atomic mass is 9.86. The van der Waals surface area contributed by atoms with Crippen molar-refractivity contribution >= 4 is 11.8 Å². The van der Waals surface area contributed by atoms with Gasteiger partial charge in [0.25, 0.3) is 0 Å². The number of nitrogens with zero attached hydrogens (tertiary/aromatic N) is 4. The largest absolute Gasteiger partial charge is 0.346 e. The lowest BCUT2D eigenvalue weighted by Crippen LogP contribution is -2.62. The second kappa shape index (κ2) is 7.39. The first-order valence-electron chi connectivity index (χ1n) is 9.56. The normalized spacial score (nSPS) is 25.0. The molecule has 1 N–H and O–H groups in total.